The first-order chi connectivity index (χ1) is 13.2. The SMILES string of the molecule is CN1CCC(=C2c3ccccc3Sc3ccc(S(=O)(=O)C(F)(F)F)cc32)CC1. The highest BCUT2D eigenvalue weighted by molar-refractivity contribution is 7.99. The van der Waals surface area contributed by atoms with Crippen LogP contribution in [0.5, 0.6) is 0 Å². The summed E-state index contributed by atoms with van der Waals surface area (Å²) in [6.45, 7) is 1.73. The number of rotatable bonds is 1. The number of hydrogen-bond acceptors (Lipinski definition) is 4. The number of nitrogens with zero attached hydrogens (tertiary/aromatic N) is 1. The third-order valence-corrected chi connectivity index (χ3v) is 7.79. The third-order valence-electron chi connectivity index (χ3n) is 5.16. The van der Waals surface area contributed by atoms with Gasteiger partial charge in [0.25, 0.3) is 9.84 Å². The fraction of sp³-hybridized carbons (Fsp3) is 0.300. The summed E-state index contributed by atoms with van der Waals surface area (Å²) in [5.74, 6) is 0. The van der Waals surface area contributed by atoms with Crippen molar-refractivity contribution in [2.75, 3.05) is 20.1 Å². The van der Waals surface area contributed by atoms with E-state index < -0.39 is 20.2 Å². The maximum absolute atomic E-state index is 13.1. The van der Waals surface area contributed by atoms with Crippen LogP contribution in [0.1, 0.15) is 24.0 Å². The minimum absolute atomic E-state index is 0.577. The number of likely N-dealkylation sites (tertiary alicyclic amines) is 1. The lowest BCUT2D eigenvalue weighted by Gasteiger charge is -2.30. The van der Waals surface area contributed by atoms with Gasteiger partial charge in [-0.1, -0.05) is 35.5 Å². The normalized spacial score (nSPS) is 18.0. The van der Waals surface area contributed by atoms with E-state index in [9.17, 15) is 21.6 Å². The molecule has 8 heteroatoms. The topological polar surface area (TPSA) is 37.4 Å². The molecule has 3 nitrogen and oxygen atoms in total. The number of alkyl halides is 3. The van der Waals surface area contributed by atoms with Crippen LogP contribution in [0.15, 0.2) is 62.7 Å². The minimum Gasteiger partial charge on any atom is -0.306 e. The maximum atomic E-state index is 13.1. The predicted molar refractivity (Wildman–Crippen MR) is 103 cm³/mol. The number of hydrogen-bond donors (Lipinski definition) is 0. The van der Waals surface area contributed by atoms with Crippen LogP contribution in [0.3, 0.4) is 0 Å². The van der Waals surface area contributed by atoms with Crippen molar-refractivity contribution in [3.63, 3.8) is 0 Å². The number of fused-ring (bicyclic) bond motifs is 2. The highest BCUT2D eigenvalue weighted by atomic mass is 32.2. The molecule has 2 heterocycles. The Morgan fingerprint density at radius 1 is 0.964 bits per heavy atom. The second kappa shape index (κ2) is 6.93. The molecule has 0 saturated carbocycles. The van der Waals surface area contributed by atoms with Crippen LogP contribution in [0.2, 0.25) is 0 Å². The second-order valence-electron chi connectivity index (χ2n) is 6.99. The molecule has 2 aliphatic rings. The van der Waals surface area contributed by atoms with Gasteiger partial charge in [-0.25, -0.2) is 8.42 Å². The van der Waals surface area contributed by atoms with E-state index in [1.54, 1.807) is 0 Å². The first kappa shape index (κ1) is 19.5. The molecule has 0 aromatic heterocycles. The number of piperidine rings is 1. The van der Waals surface area contributed by atoms with Crippen molar-refractivity contribution in [1.82, 2.24) is 4.90 Å². The van der Waals surface area contributed by atoms with E-state index in [-0.39, 0.29) is 0 Å². The first-order valence-electron chi connectivity index (χ1n) is 8.82. The molecular weight excluding hydrogens is 407 g/mol. The zero-order valence-corrected chi connectivity index (χ0v) is 16.7. The molecule has 0 amide bonds. The van der Waals surface area contributed by atoms with E-state index in [0.717, 1.165) is 58.5 Å². The van der Waals surface area contributed by atoms with E-state index in [0.29, 0.717) is 5.56 Å². The summed E-state index contributed by atoms with van der Waals surface area (Å²) in [7, 11) is -3.35. The lowest BCUT2D eigenvalue weighted by Crippen LogP contribution is -2.27. The van der Waals surface area contributed by atoms with Crippen molar-refractivity contribution >= 4 is 27.2 Å². The minimum atomic E-state index is -5.39. The van der Waals surface area contributed by atoms with Gasteiger partial charge in [0.15, 0.2) is 0 Å². The number of halogens is 3. The highest BCUT2D eigenvalue weighted by Crippen LogP contribution is 2.48. The number of sulfone groups is 1. The van der Waals surface area contributed by atoms with Crippen LogP contribution in [0.25, 0.3) is 5.57 Å². The summed E-state index contributed by atoms with van der Waals surface area (Å²) in [5, 5.41) is 0. The van der Waals surface area contributed by atoms with Crippen LogP contribution in [-0.4, -0.2) is 39.0 Å². The Bertz CT molecular complexity index is 1070. The predicted octanol–water partition coefficient (Wildman–Crippen LogP) is 4.97. The monoisotopic (exact) mass is 425 g/mol. The summed E-state index contributed by atoms with van der Waals surface area (Å²) < 4.78 is 63.1. The van der Waals surface area contributed by atoms with Gasteiger partial charge in [0.2, 0.25) is 0 Å². The summed E-state index contributed by atoms with van der Waals surface area (Å²) >= 11 is 1.46. The van der Waals surface area contributed by atoms with Crippen molar-refractivity contribution in [3.8, 4) is 0 Å². The Balaban J connectivity index is 1.93. The summed E-state index contributed by atoms with van der Waals surface area (Å²) in [4.78, 5) is 3.31. The molecule has 0 N–H and O–H groups in total. The molecule has 148 valence electrons. The molecule has 0 aliphatic carbocycles. The molecular formula is C20H18F3NO2S2. The van der Waals surface area contributed by atoms with Gasteiger partial charge in [0.05, 0.1) is 4.90 Å². The van der Waals surface area contributed by atoms with Crippen molar-refractivity contribution in [2.24, 2.45) is 0 Å². The summed E-state index contributed by atoms with van der Waals surface area (Å²) in [6, 6.07) is 11.5. The molecule has 4 rings (SSSR count). The van der Waals surface area contributed by atoms with E-state index in [4.69, 9.17) is 0 Å². The summed E-state index contributed by atoms with van der Waals surface area (Å²) in [5.41, 5.74) is -1.73. The van der Waals surface area contributed by atoms with Gasteiger partial charge in [0.1, 0.15) is 0 Å². The Morgan fingerprint density at radius 2 is 1.61 bits per heavy atom. The Morgan fingerprint density at radius 3 is 2.29 bits per heavy atom. The summed E-state index contributed by atoms with van der Waals surface area (Å²) in [6.07, 6.45) is 1.61. The van der Waals surface area contributed by atoms with Gasteiger partial charge in [0, 0.05) is 22.9 Å². The van der Waals surface area contributed by atoms with Crippen molar-refractivity contribution < 1.29 is 21.6 Å². The molecule has 1 saturated heterocycles. The highest BCUT2D eigenvalue weighted by Gasteiger charge is 2.47. The fourth-order valence-corrected chi connectivity index (χ4v) is 5.50. The van der Waals surface area contributed by atoms with Crippen molar-refractivity contribution in [1.29, 1.82) is 0 Å². The molecule has 0 unspecified atom stereocenters. The van der Waals surface area contributed by atoms with E-state index in [1.807, 2.05) is 31.3 Å². The van der Waals surface area contributed by atoms with Gasteiger partial charge >= 0.3 is 5.51 Å². The zero-order valence-electron chi connectivity index (χ0n) is 15.1. The standard InChI is InChI=1S/C20H18F3NO2S2/c1-24-10-8-13(9-11-24)19-15-4-2-3-5-17(15)27-18-7-6-14(12-16(18)19)28(25,26)20(21,22)23/h2-7,12H,8-11H2,1H3. The smallest absolute Gasteiger partial charge is 0.306 e. The largest absolute Gasteiger partial charge is 0.501 e. The molecule has 0 atom stereocenters. The van der Waals surface area contributed by atoms with Gasteiger partial charge in [-0.05, 0) is 60.9 Å². The molecule has 28 heavy (non-hydrogen) atoms. The Labute approximate surface area is 166 Å². The molecule has 1 fully saturated rings. The van der Waals surface area contributed by atoms with Gasteiger partial charge < -0.3 is 4.90 Å². The zero-order chi connectivity index (χ0) is 20.1. The molecule has 2 aromatic rings. The Kier molecular flexibility index (Phi) is 4.84. The lowest BCUT2D eigenvalue weighted by molar-refractivity contribution is -0.0436. The molecule has 2 aliphatic heterocycles. The molecule has 0 bridgehead atoms. The third kappa shape index (κ3) is 3.27. The lowest BCUT2D eigenvalue weighted by atomic mass is 9.88. The van der Waals surface area contributed by atoms with E-state index in [1.165, 1.54) is 23.9 Å². The van der Waals surface area contributed by atoms with E-state index in [2.05, 4.69) is 4.90 Å². The van der Waals surface area contributed by atoms with Crippen LogP contribution < -0.4 is 0 Å². The van der Waals surface area contributed by atoms with Gasteiger partial charge in [-0.15, -0.1) is 0 Å². The average molecular weight is 425 g/mol. The van der Waals surface area contributed by atoms with Crippen LogP contribution in [0, 0.1) is 0 Å². The molecule has 0 radical (unpaired) electrons. The first-order valence-corrected chi connectivity index (χ1v) is 11.1. The van der Waals surface area contributed by atoms with Crippen LogP contribution >= 0.6 is 11.8 Å². The Hall–Kier alpha value is -1.77. The van der Waals surface area contributed by atoms with Crippen molar-refractivity contribution in [3.05, 3.63) is 59.2 Å². The van der Waals surface area contributed by atoms with Crippen LogP contribution in [-0.2, 0) is 9.84 Å². The second-order valence-corrected chi connectivity index (χ2v) is 10.0. The molecule has 2 aromatic carbocycles. The maximum Gasteiger partial charge on any atom is 0.501 e. The molecule has 0 spiro atoms. The van der Waals surface area contributed by atoms with E-state index >= 15 is 0 Å². The quantitative estimate of drug-likeness (QED) is 0.552. The average Bonchev–Trinajstić information content (AvgIpc) is 2.65. The fourth-order valence-electron chi connectivity index (χ4n) is 3.64. The van der Waals surface area contributed by atoms with Gasteiger partial charge in [-0.2, -0.15) is 13.2 Å². The van der Waals surface area contributed by atoms with Gasteiger partial charge in [-0.3, -0.25) is 0 Å². The number of benzene rings is 2. The van der Waals surface area contributed by atoms with Crippen LogP contribution in [0.4, 0.5) is 13.2 Å². The van der Waals surface area contributed by atoms with Crippen molar-refractivity contribution in [2.45, 2.75) is 33.0 Å².